The Labute approximate surface area is 306 Å². The molecule has 2 aliphatic heterocycles. The zero-order valence-electron chi connectivity index (χ0n) is 30.1. The first-order valence-electron chi connectivity index (χ1n) is 17.7. The molecular weight excluding hydrogens is 676 g/mol. The number of amides is 1. The predicted molar refractivity (Wildman–Crippen MR) is 201 cm³/mol. The fourth-order valence-electron chi connectivity index (χ4n) is 6.58. The molecule has 2 aliphatic rings. The van der Waals surface area contributed by atoms with Crippen molar-refractivity contribution in [3.63, 3.8) is 0 Å². The minimum Gasteiger partial charge on any atom is -0.504 e. The predicted octanol–water partition coefficient (Wildman–Crippen LogP) is 8.94. The van der Waals surface area contributed by atoms with Crippen LogP contribution in [0.4, 0.5) is 0 Å². The van der Waals surface area contributed by atoms with Crippen molar-refractivity contribution in [3.05, 3.63) is 119 Å². The molecule has 6 N–H and O–H groups in total. The fraction of sp³-hybridized carbons (Fsp3) is 0.286. The van der Waals surface area contributed by atoms with Gasteiger partial charge in [0.05, 0.1) is 19.3 Å². The van der Waals surface area contributed by atoms with Crippen LogP contribution < -0.4 is 20.5 Å². The molecule has 0 spiro atoms. The minimum absolute atomic E-state index is 0.0353. The van der Waals surface area contributed by atoms with Gasteiger partial charge in [-0.3, -0.25) is 4.79 Å². The maximum absolute atomic E-state index is 12.8. The van der Waals surface area contributed by atoms with Gasteiger partial charge in [-0.1, -0.05) is 76.2 Å². The quantitative estimate of drug-likeness (QED) is 0.115. The number of furan rings is 2. The fourth-order valence-corrected chi connectivity index (χ4v) is 6.58. The number of phenolic OH excluding ortho intramolecular Hbond substituents is 2. The number of carbonyl (C=O) groups excluding carboxylic acids is 1. The van der Waals surface area contributed by atoms with Crippen LogP contribution in [0.25, 0.3) is 21.9 Å². The summed E-state index contributed by atoms with van der Waals surface area (Å²) in [6, 6.07) is 25.7. The van der Waals surface area contributed by atoms with Gasteiger partial charge in [-0.2, -0.15) is 0 Å². The van der Waals surface area contributed by atoms with Crippen LogP contribution in [0.3, 0.4) is 0 Å². The molecule has 2 atom stereocenters. The molecule has 0 fully saturated rings. The zero-order valence-corrected chi connectivity index (χ0v) is 30.1. The number of aromatic carboxylic acids is 1. The van der Waals surface area contributed by atoms with Crippen molar-refractivity contribution in [1.82, 2.24) is 5.32 Å². The van der Waals surface area contributed by atoms with Gasteiger partial charge in [-0.15, -0.1) is 0 Å². The van der Waals surface area contributed by atoms with E-state index < -0.39 is 5.97 Å². The van der Waals surface area contributed by atoms with Crippen LogP contribution in [0.5, 0.6) is 23.0 Å². The Kier molecular flexibility index (Phi) is 10.9. The number of nitrogens with one attached hydrogen (secondary N) is 1. The van der Waals surface area contributed by atoms with E-state index in [9.17, 15) is 19.8 Å². The molecule has 6 aromatic rings. The molecule has 0 radical (unpaired) electrons. The molecule has 11 nitrogen and oxygen atoms in total. The van der Waals surface area contributed by atoms with Crippen molar-refractivity contribution in [2.24, 2.45) is 5.73 Å². The van der Waals surface area contributed by atoms with E-state index in [0.29, 0.717) is 24.0 Å². The second-order valence-electron chi connectivity index (χ2n) is 13.7. The van der Waals surface area contributed by atoms with Crippen molar-refractivity contribution in [3.8, 4) is 23.0 Å². The molecule has 2 aromatic heterocycles. The Hall–Kier alpha value is -5.94. The highest BCUT2D eigenvalue weighted by Gasteiger charge is 2.25. The third-order valence-corrected chi connectivity index (χ3v) is 9.34. The normalized spacial score (nSPS) is 16.0. The number of aromatic hydroxyl groups is 2. The summed E-state index contributed by atoms with van der Waals surface area (Å²) < 4.78 is 21.8. The summed E-state index contributed by atoms with van der Waals surface area (Å²) in [6.45, 7) is 9.44. The highest BCUT2D eigenvalue weighted by molar-refractivity contribution is 5.98. The van der Waals surface area contributed by atoms with Gasteiger partial charge in [0.1, 0.15) is 11.5 Å². The number of ether oxygens (including phenoxy) is 2. The van der Waals surface area contributed by atoms with Crippen molar-refractivity contribution in [2.45, 2.75) is 64.5 Å². The minimum atomic E-state index is -1.13. The van der Waals surface area contributed by atoms with Crippen molar-refractivity contribution in [1.29, 1.82) is 0 Å². The van der Waals surface area contributed by atoms with Gasteiger partial charge >= 0.3 is 5.97 Å². The zero-order chi connectivity index (χ0) is 37.8. The van der Waals surface area contributed by atoms with Crippen LogP contribution in [0, 0.1) is 0 Å². The molecule has 0 saturated carbocycles. The van der Waals surface area contributed by atoms with E-state index in [1.807, 2.05) is 68.4 Å². The Bertz CT molecular complexity index is 2250. The van der Waals surface area contributed by atoms with Gasteiger partial charge in [0, 0.05) is 40.8 Å². The lowest BCUT2D eigenvalue weighted by Crippen LogP contribution is -2.31. The summed E-state index contributed by atoms with van der Waals surface area (Å²) in [5, 5.41) is 33.0. The van der Waals surface area contributed by atoms with Gasteiger partial charge < -0.3 is 44.7 Å². The monoisotopic (exact) mass is 720 g/mol. The van der Waals surface area contributed by atoms with Crippen LogP contribution >= 0.6 is 0 Å². The van der Waals surface area contributed by atoms with E-state index in [-0.39, 0.29) is 58.4 Å². The van der Waals surface area contributed by atoms with Gasteiger partial charge in [-0.05, 0) is 59.4 Å². The lowest BCUT2D eigenvalue weighted by atomic mass is 9.99. The average Bonchev–Trinajstić information content (AvgIpc) is 3.80. The first-order chi connectivity index (χ1) is 25.4. The third-order valence-electron chi connectivity index (χ3n) is 9.34. The molecule has 53 heavy (non-hydrogen) atoms. The number of phenols is 2. The Balaban J connectivity index is 0.000000151. The summed E-state index contributed by atoms with van der Waals surface area (Å²) in [4.78, 5) is 23.5. The number of carboxylic acids is 1. The standard InChI is InChI=1S/C21H21NO4.C12H12O4.C9H11NO/c1-12(2)13-7-8-17(23)20-15(13)11-19(26-20)21(24)22-16-9-10-25-18-6-4-3-5-14(16)18;1-6(2)7-3-4-9(13)11-8(7)5-10(16-11)12(14)15;10-8-5-6-11-9-4-2-1-3-7(8)9/h3-8,11-12,16,23H,9-10H2,1-2H3,(H,22,24);3-6,13H,1-2H3,(H,14,15);1-4,8H,5-6,10H2/t16-;;8-/m0.0/s1. The SMILES string of the molecule is CC(C)c1ccc(O)c2oc(C(=O)N[C@H]3CCOc4ccccc43)cc12.CC(C)c1ccc(O)c2oc(C(=O)O)cc12.N[C@H]1CCOc2ccccc21. The second-order valence-corrected chi connectivity index (χ2v) is 13.7. The molecule has 4 aromatic carbocycles. The number of hydrogen-bond acceptors (Lipinski definition) is 9. The summed E-state index contributed by atoms with van der Waals surface area (Å²) in [7, 11) is 0. The molecule has 276 valence electrons. The maximum Gasteiger partial charge on any atom is 0.371 e. The second kappa shape index (κ2) is 15.7. The number of rotatable bonds is 5. The summed E-state index contributed by atoms with van der Waals surface area (Å²) >= 11 is 0. The van der Waals surface area contributed by atoms with E-state index in [0.717, 1.165) is 52.2 Å². The number of hydrogen-bond donors (Lipinski definition) is 5. The van der Waals surface area contributed by atoms with E-state index in [1.54, 1.807) is 18.2 Å². The molecule has 8 rings (SSSR count). The van der Waals surface area contributed by atoms with E-state index in [2.05, 4.69) is 19.2 Å². The Morgan fingerprint density at radius 2 is 1.19 bits per heavy atom. The molecule has 4 heterocycles. The van der Waals surface area contributed by atoms with E-state index in [1.165, 1.54) is 12.1 Å². The first-order valence-corrected chi connectivity index (χ1v) is 17.7. The number of carbonyl (C=O) groups is 2. The number of benzene rings is 4. The Morgan fingerprint density at radius 3 is 1.74 bits per heavy atom. The van der Waals surface area contributed by atoms with Gasteiger partial charge in [0.25, 0.3) is 5.91 Å². The molecule has 0 saturated heterocycles. The summed E-state index contributed by atoms with van der Waals surface area (Å²) in [5.74, 6) is 0.871. The number of carboxylic acid groups (broad SMARTS) is 1. The number of fused-ring (bicyclic) bond motifs is 4. The van der Waals surface area contributed by atoms with Crippen molar-refractivity contribution in [2.75, 3.05) is 13.2 Å². The van der Waals surface area contributed by atoms with Gasteiger partial charge in [-0.25, -0.2) is 4.79 Å². The molecule has 11 heteroatoms. The van der Waals surface area contributed by atoms with Crippen molar-refractivity contribution >= 4 is 33.8 Å². The molecule has 0 aliphatic carbocycles. The van der Waals surface area contributed by atoms with Crippen LogP contribution in [0.15, 0.2) is 93.8 Å². The largest absolute Gasteiger partial charge is 0.504 e. The maximum atomic E-state index is 12.8. The smallest absolute Gasteiger partial charge is 0.371 e. The lowest BCUT2D eigenvalue weighted by molar-refractivity contribution is 0.0664. The third kappa shape index (κ3) is 7.95. The molecule has 0 bridgehead atoms. The number of nitrogens with two attached hydrogens (primary N) is 1. The molecule has 1 amide bonds. The summed E-state index contributed by atoms with van der Waals surface area (Å²) in [6.07, 6.45) is 1.63. The number of para-hydroxylation sites is 2. The van der Waals surface area contributed by atoms with Crippen LogP contribution in [-0.4, -0.2) is 40.4 Å². The van der Waals surface area contributed by atoms with Crippen LogP contribution in [0.1, 0.15) is 108 Å². The Morgan fingerprint density at radius 1 is 0.698 bits per heavy atom. The van der Waals surface area contributed by atoms with Crippen LogP contribution in [0.2, 0.25) is 0 Å². The topological polar surface area (TPSA) is 178 Å². The van der Waals surface area contributed by atoms with Gasteiger partial charge in [0.2, 0.25) is 5.76 Å². The first kappa shape index (κ1) is 36.8. The van der Waals surface area contributed by atoms with Crippen LogP contribution in [-0.2, 0) is 0 Å². The van der Waals surface area contributed by atoms with Gasteiger partial charge in [0.15, 0.2) is 28.4 Å². The highest BCUT2D eigenvalue weighted by atomic mass is 16.5. The molecule has 0 unspecified atom stereocenters. The van der Waals surface area contributed by atoms with E-state index >= 15 is 0 Å². The molecular formula is C42H44N2O9. The average molecular weight is 721 g/mol. The highest BCUT2D eigenvalue weighted by Crippen LogP contribution is 2.37. The van der Waals surface area contributed by atoms with Crippen molar-refractivity contribution < 1.29 is 43.2 Å². The summed E-state index contributed by atoms with van der Waals surface area (Å²) in [5.41, 5.74) is 10.6. The lowest BCUT2D eigenvalue weighted by Gasteiger charge is -2.26. The van der Waals surface area contributed by atoms with E-state index in [4.69, 9.17) is 29.1 Å².